The van der Waals surface area contributed by atoms with Gasteiger partial charge >= 0.3 is 5.69 Å². The molecule has 2 aliphatic heterocycles. The van der Waals surface area contributed by atoms with E-state index in [0.717, 1.165) is 4.57 Å². The number of hydrogen-bond acceptors (Lipinski definition) is 9. The van der Waals surface area contributed by atoms with E-state index in [9.17, 15) is 31.2 Å². The molecule has 2 aliphatic rings. The van der Waals surface area contributed by atoms with Gasteiger partial charge < -0.3 is 19.5 Å². The zero-order chi connectivity index (χ0) is 29.0. The summed E-state index contributed by atoms with van der Waals surface area (Å²) in [5.41, 5.74) is -1.48. The Hall–Kier alpha value is -3.02. The number of fused-ring (bicyclic) bond motifs is 1. The second kappa shape index (κ2) is 10.4. The highest BCUT2D eigenvalue weighted by molar-refractivity contribution is 7.89. The average Bonchev–Trinajstić information content (AvgIpc) is 3.49. The molecule has 2 fully saturated rings. The van der Waals surface area contributed by atoms with Crippen molar-refractivity contribution < 1.29 is 31.1 Å². The van der Waals surface area contributed by atoms with Gasteiger partial charge in [0.05, 0.1) is 34.8 Å². The van der Waals surface area contributed by atoms with Gasteiger partial charge in [0.2, 0.25) is 21.1 Å². The van der Waals surface area contributed by atoms with Crippen molar-refractivity contribution in [2.75, 3.05) is 44.4 Å². The Labute approximate surface area is 231 Å². The zero-order valence-corrected chi connectivity index (χ0v) is 23.5. The van der Waals surface area contributed by atoms with Crippen molar-refractivity contribution in [1.82, 2.24) is 29.4 Å². The quantitative estimate of drug-likeness (QED) is 0.397. The molecule has 1 atom stereocenters. The summed E-state index contributed by atoms with van der Waals surface area (Å²) >= 11 is 0.497. The van der Waals surface area contributed by atoms with Gasteiger partial charge in [0.15, 0.2) is 5.01 Å². The van der Waals surface area contributed by atoms with E-state index in [1.165, 1.54) is 12.1 Å². The van der Waals surface area contributed by atoms with Gasteiger partial charge in [0.25, 0.3) is 6.43 Å². The molecule has 5 rings (SSSR count). The number of H-pyrrole nitrogens is 1. The Balaban J connectivity index is 1.63. The second-order valence-corrected chi connectivity index (χ2v) is 13.0. The van der Waals surface area contributed by atoms with Gasteiger partial charge in [-0.3, -0.25) is 4.79 Å². The van der Waals surface area contributed by atoms with Crippen LogP contribution < -0.4 is 15.3 Å². The molecule has 1 amide bonds. The first-order chi connectivity index (χ1) is 18.9. The van der Waals surface area contributed by atoms with E-state index >= 15 is 0 Å². The molecule has 4 heterocycles. The number of imidazole rings is 1. The number of anilines is 1. The fourth-order valence-electron chi connectivity index (χ4n) is 4.85. The topological polar surface area (TPSA) is 143 Å². The minimum atomic E-state index is -4.33. The number of nitrogens with one attached hydrogen (secondary N) is 2. The molecule has 0 unspecified atom stereocenters. The summed E-state index contributed by atoms with van der Waals surface area (Å²) in [7, 11) is -4.33. The van der Waals surface area contributed by atoms with Gasteiger partial charge in [-0.15, -0.1) is 10.2 Å². The lowest BCUT2D eigenvalue weighted by Crippen LogP contribution is -2.63. The first-order valence-corrected chi connectivity index (χ1v) is 14.8. The van der Waals surface area contributed by atoms with Crippen LogP contribution in [-0.2, 0) is 19.6 Å². The van der Waals surface area contributed by atoms with E-state index in [-0.39, 0.29) is 52.1 Å². The molecule has 0 radical (unpaired) electrons. The van der Waals surface area contributed by atoms with Gasteiger partial charge in [-0.05, 0) is 19.1 Å². The molecule has 0 saturated carbocycles. The molecule has 12 nitrogen and oxygen atoms in total. The smallest absolute Gasteiger partial charge is 0.333 e. The van der Waals surface area contributed by atoms with Gasteiger partial charge in [-0.2, -0.15) is 4.72 Å². The lowest BCUT2D eigenvalue weighted by molar-refractivity contribution is -0.136. The third-order valence-electron chi connectivity index (χ3n) is 6.97. The second-order valence-electron chi connectivity index (χ2n) is 10.3. The molecule has 3 aromatic rings. The number of halogens is 3. The van der Waals surface area contributed by atoms with Crippen molar-refractivity contribution >= 4 is 44.0 Å². The normalized spacial score (nSPS) is 19.6. The highest BCUT2D eigenvalue weighted by Crippen LogP contribution is 2.34. The van der Waals surface area contributed by atoms with Crippen LogP contribution in [0, 0.1) is 5.92 Å². The molecule has 0 spiro atoms. The summed E-state index contributed by atoms with van der Waals surface area (Å²) in [4.78, 5) is 31.8. The van der Waals surface area contributed by atoms with E-state index in [4.69, 9.17) is 4.74 Å². The Morgan fingerprint density at radius 1 is 1.27 bits per heavy atom. The number of carbonyl (C=O) groups excluding carboxylic acids is 1. The Morgan fingerprint density at radius 3 is 2.55 bits per heavy atom. The summed E-state index contributed by atoms with van der Waals surface area (Å²) in [6.45, 7) is 5.24. The number of ether oxygens (including phenoxy) is 1. The number of sulfonamides is 1. The number of aromatic nitrogens is 4. The maximum atomic E-state index is 13.7. The van der Waals surface area contributed by atoms with Crippen LogP contribution >= 0.6 is 11.3 Å². The molecule has 2 aromatic heterocycles. The highest BCUT2D eigenvalue weighted by atomic mass is 32.2. The van der Waals surface area contributed by atoms with Crippen LogP contribution in [0.4, 0.5) is 18.9 Å². The third kappa shape index (κ3) is 4.99. The standard InChI is InChI=1S/C23H28F3N7O5S2/c1-12(2)20(34)32-5-4-31(8-13(32)3)15-6-14(40(36,37)30-23(9-24)10-38-11-23)7-16-17(15)27-21(35)33(16)22-29-28-19(39-22)18(25)26/h6-7,12-13,18,30H,4-5,8-11H2,1-3H3,(H,27,35)/t13-/m1/s1. The number of benzene rings is 1. The Bertz CT molecular complexity index is 1590. The molecule has 17 heteroatoms. The number of aromatic amines is 1. The SMILES string of the molecule is CC(C)C(=O)N1CCN(c2cc(S(=O)(=O)NC3(CF)COC3)cc3c2[nH]c(=O)n3-c2nnc(C(F)F)s2)C[C@H]1C. The number of piperazine rings is 1. The summed E-state index contributed by atoms with van der Waals surface area (Å²) in [5, 5.41) is 6.39. The van der Waals surface area contributed by atoms with Crippen LogP contribution in [0.1, 0.15) is 32.2 Å². The first-order valence-electron chi connectivity index (χ1n) is 12.5. The summed E-state index contributed by atoms with van der Waals surface area (Å²) in [6, 6.07) is 2.34. The van der Waals surface area contributed by atoms with E-state index in [1.54, 1.807) is 4.90 Å². The van der Waals surface area contributed by atoms with Gasteiger partial charge in [0, 0.05) is 31.6 Å². The van der Waals surface area contributed by atoms with Crippen LogP contribution in [-0.4, -0.2) is 90.1 Å². The average molecular weight is 604 g/mol. The maximum absolute atomic E-state index is 13.7. The van der Waals surface area contributed by atoms with E-state index in [0.29, 0.717) is 36.7 Å². The number of amides is 1. The van der Waals surface area contributed by atoms with Crippen molar-refractivity contribution in [3.8, 4) is 5.13 Å². The lowest BCUT2D eigenvalue weighted by Gasteiger charge is -2.42. The van der Waals surface area contributed by atoms with E-state index < -0.39 is 39.4 Å². The van der Waals surface area contributed by atoms with Crippen molar-refractivity contribution in [2.24, 2.45) is 5.92 Å². The summed E-state index contributed by atoms with van der Waals surface area (Å²) in [5.74, 6) is -0.211. The predicted octanol–water partition coefficient (Wildman–Crippen LogP) is 1.82. The largest absolute Gasteiger partial charge is 0.377 e. The van der Waals surface area contributed by atoms with Crippen LogP contribution in [0.15, 0.2) is 21.8 Å². The fraction of sp³-hybridized carbons (Fsp3) is 0.565. The Kier molecular flexibility index (Phi) is 7.43. The minimum Gasteiger partial charge on any atom is -0.377 e. The van der Waals surface area contributed by atoms with Crippen molar-refractivity contribution in [3.05, 3.63) is 27.6 Å². The zero-order valence-electron chi connectivity index (χ0n) is 21.9. The van der Waals surface area contributed by atoms with Crippen LogP contribution in [0.2, 0.25) is 0 Å². The van der Waals surface area contributed by atoms with E-state index in [2.05, 4.69) is 19.9 Å². The van der Waals surface area contributed by atoms with Crippen molar-refractivity contribution in [2.45, 2.75) is 43.7 Å². The third-order valence-corrected chi connectivity index (χ3v) is 9.45. The monoisotopic (exact) mass is 603 g/mol. The maximum Gasteiger partial charge on any atom is 0.333 e. The lowest BCUT2D eigenvalue weighted by atomic mass is 10.0. The minimum absolute atomic E-state index is 0.0114. The predicted molar refractivity (Wildman–Crippen MR) is 140 cm³/mol. The number of rotatable bonds is 8. The van der Waals surface area contributed by atoms with Gasteiger partial charge in [-0.25, -0.2) is 31.0 Å². The van der Waals surface area contributed by atoms with Crippen LogP contribution in [0.3, 0.4) is 0 Å². The fourth-order valence-corrected chi connectivity index (χ4v) is 6.96. The molecule has 0 bridgehead atoms. The molecule has 2 N–H and O–H groups in total. The Morgan fingerprint density at radius 2 is 2.00 bits per heavy atom. The molecule has 2 saturated heterocycles. The molecular formula is C23H28F3N7O5S2. The molecule has 1 aromatic carbocycles. The van der Waals surface area contributed by atoms with E-state index in [1.807, 2.05) is 25.7 Å². The molecule has 218 valence electrons. The summed E-state index contributed by atoms with van der Waals surface area (Å²) in [6.07, 6.45) is -2.91. The van der Waals surface area contributed by atoms with Gasteiger partial charge in [0.1, 0.15) is 12.2 Å². The molecular weight excluding hydrogens is 575 g/mol. The number of alkyl halides is 3. The number of hydrogen-bond donors (Lipinski definition) is 2. The van der Waals surface area contributed by atoms with Crippen molar-refractivity contribution in [1.29, 1.82) is 0 Å². The van der Waals surface area contributed by atoms with Gasteiger partial charge in [-0.1, -0.05) is 25.2 Å². The summed E-state index contributed by atoms with van der Waals surface area (Å²) < 4.78 is 75.5. The molecule has 40 heavy (non-hydrogen) atoms. The van der Waals surface area contributed by atoms with Crippen LogP contribution in [0.25, 0.3) is 16.2 Å². The first kappa shape index (κ1) is 28.5. The van der Waals surface area contributed by atoms with Crippen LogP contribution in [0.5, 0.6) is 0 Å². The van der Waals surface area contributed by atoms with Crippen molar-refractivity contribution in [3.63, 3.8) is 0 Å². The highest BCUT2D eigenvalue weighted by Gasteiger charge is 2.43. The number of carbonyl (C=O) groups is 1. The molecule has 0 aliphatic carbocycles. The number of nitrogens with zero attached hydrogens (tertiary/aromatic N) is 5.